The van der Waals surface area contributed by atoms with Gasteiger partial charge in [-0.25, -0.2) is 0 Å². The molecule has 2 N–H and O–H groups in total. The van der Waals surface area contributed by atoms with E-state index < -0.39 is 0 Å². The van der Waals surface area contributed by atoms with Gasteiger partial charge in [0.2, 0.25) is 0 Å². The van der Waals surface area contributed by atoms with Gasteiger partial charge in [-0.3, -0.25) is 4.90 Å². The standard InChI is InChI=1S/C9H19N.C8H18N2.2C2H6.2CH4/c1-9(2,3)8-5-4-6-10-7-8;1-8(2,3)10-6-4-9-5-7-10;2*1-2;;/h8,10H,4-7H2,1-3H3;9H,4-7H2,1-3H3;2*1-2H3;2*1H4. The second kappa shape index (κ2) is 18.3. The van der Waals surface area contributed by atoms with Crippen molar-refractivity contribution in [1.82, 2.24) is 15.5 Å². The fourth-order valence-electron chi connectivity index (χ4n) is 2.93. The summed E-state index contributed by atoms with van der Waals surface area (Å²) in [5, 5.41) is 6.79. The fraction of sp³-hybridized carbons (Fsp3) is 1.00. The molecule has 0 aliphatic carbocycles. The highest BCUT2D eigenvalue weighted by atomic mass is 15.2. The van der Waals surface area contributed by atoms with Crippen LogP contribution in [0.15, 0.2) is 0 Å². The first-order valence-electron chi connectivity index (χ1n) is 10.4. The zero-order valence-corrected chi connectivity index (χ0v) is 18.7. The summed E-state index contributed by atoms with van der Waals surface area (Å²) in [5.74, 6) is 0.890. The van der Waals surface area contributed by atoms with Crippen molar-refractivity contribution in [1.29, 1.82) is 0 Å². The van der Waals surface area contributed by atoms with E-state index in [0.717, 1.165) is 19.0 Å². The maximum absolute atomic E-state index is 3.44. The highest BCUT2D eigenvalue weighted by Crippen LogP contribution is 2.30. The average Bonchev–Trinajstić information content (AvgIpc) is 2.59. The maximum atomic E-state index is 3.44. The van der Waals surface area contributed by atoms with Crippen LogP contribution in [0.5, 0.6) is 0 Å². The van der Waals surface area contributed by atoms with Gasteiger partial charge in [0.25, 0.3) is 0 Å². The molecule has 2 fully saturated rings. The fourth-order valence-corrected chi connectivity index (χ4v) is 2.93. The molecule has 2 heterocycles. The largest absolute Gasteiger partial charge is 0.316 e. The Bertz CT molecular complexity index is 224. The minimum atomic E-state index is 0. The van der Waals surface area contributed by atoms with E-state index in [1.54, 1.807) is 0 Å². The Hall–Kier alpha value is -0.120. The van der Waals surface area contributed by atoms with Crippen molar-refractivity contribution in [2.24, 2.45) is 11.3 Å². The van der Waals surface area contributed by atoms with Crippen LogP contribution in [-0.4, -0.2) is 49.7 Å². The summed E-state index contributed by atoms with van der Waals surface area (Å²) in [6, 6.07) is 0. The van der Waals surface area contributed by atoms with Gasteiger partial charge in [0.1, 0.15) is 0 Å². The third-order valence-electron chi connectivity index (χ3n) is 4.59. The molecule has 0 amide bonds. The van der Waals surface area contributed by atoms with Crippen LogP contribution >= 0.6 is 0 Å². The van der Waals surface area contributed by atoms with Crippen LogP contribution in [0, 0.1) is 11.3 Å². The lowest BCUT2D eigenvalue weighted by Crippen LogP contribution is -2.51. The van der Waals surface area contributed by atoms with Gasteiger partial charge in [-0.05, 0) is 58.0 Å². The zero-order valence-electron chi connectivity index (χ0n) is 18.7. The van der Waals surface area contributed by atoms with E-state index in [-0.39, 0.29) is 14.9 Å². The van der Waals surface area contributed by atoms with Gasteiger partial charge in [0.05, 0.1) is 0 Å². The van der Waals surface area contributed by atoms with Crippen LogP contribution in [-0.2, 0) is 0 Å². The molecular formula is C23H57N3. The van der Waals surface area contributed by atoms with Crippen LogP contribution < -0.4 is 10.6 Å². The van der Waals surface area contributed by atoms with Crippen molar-refractivity contribution in [2.45, 2.75) is 102 Å². The quantitative estimate of drug-likeness (QED) is 0.540. The van der Waals surface area contributed by atoms with E-state index in [0.29, 0.717) is 11.0 Å². The third kappa shape index (κ3) is 16.1. The summed E-state index contributed by atoms with van der Waals surface area (Å²) < 4.78 is 0. The van der Waals surface area contributed by atoms with Crippen molar-refractivity contribution in [3.8, 4) is 0 Å². The summed E-state index contributed by atoms with van der Waals surface area (Å²) in [6.45, 7) is 29.0. The van der Waals surface area contributed by atoms with Gasteiger partial charge in [-0.2, -0.15) is 0 Å². The number of nitrogens with zero attached hydrogens (tertiary/aromatic N) is 1. The third-order valence-corrected chi connectivity index (χ3v) is 4.59. The van der Waals surface area contributed by atoms with Gasteiger partial charge < -0.3 is 10.6 Å². The summed E-state index contributed by atoms with van der Waals surface area (Å²) >= 11 is 0. The molecule has 0 bridgehead atoms. The van der Waals surface area contributed by atoms with Gasteiger partial charge in [0.15, 0.2) is 0 Å². The zero-order chi connectivity index (χ0) is 19.2. The average molecular weight is 376 g/mol. The van der Waals surface area contributed by atoms with Crippen LogP contribution in [0.4, 0.5) is 0 Å². The molecule has 1 atom stereocenters. The molecule has 0 spiro atoms. The van der Waals surface area contributed by atoms with Gasteiger partial charge >= 0.3 is 0 Å². The Kier molecular flexibility index (Phi) is 23.5. The van der Waals surface area contributed by atoms with E-state index >= 15 is 0 Å². The topological polar surface area (TPSA) is 27.3 Å². The predicted molar refractivity (Wildman–Crippen MR) is 125 cm³/mol. The Morgan fingerprint density at radius 1 is 0.731 bits per heavy atom. The SMILES string of the molecule is C.C.CC.CC.CC(C)(C)C1CCCNC1.CC(C)(C)N1CCNCC1. The van der Waals surface area contributed by atoms with Crippen molar-refractivity contribution in [3.05, 3.63) is 0 Å². The lowest BCUT2D eigenvalue weighted by molar-refractivity contribution is 0.119. The Balaban J connectivity index is -0.000000147. The molecule has 2 rings (SSSR count). The van der Waals surface area contributed by atoms with E-state index in [9.17, 15) is 0 Å². The molecule has 0 aromatic rings. The highest BCUT2D eigenvalue weighted by Gasteiger charge is 2.25. The van der Waals surface area contributed by atoms with Crippen LogP contribution in [0.25, 0.3) is 0 Å². The second-order valence-corrected chi connectivity index (χ2v) is 8.32. The minimum absolute atomic E-state index is 0. The van der Waals surface area contributed by atoms with E-state index in [1.165, 1.54) is 39.0 Å². The van der Waals surface area contributed by atoms with Gasteiger partial charge in [0, 0.05) is 31.7 Å². The molecule has 0 aromatic carbocycles. The molecule has 2 aliphatic heterocycles. The normalized spacial score (nSPS) is 20.3. The lowest BCUT2D eigenvalue weighted by atomic mass is 9.77. The monoisotopic (exact) mass is 375 g/mol. The van der Waals surface area contributed by atoms with Crippen LogP contribution in [0.1, 0.15) is 96.9 Å². The highest BCUT2D eigenvalue weighted by molar-refractivity contribution is 4.80. The van der Waals surface area contributed by atoms with Crippen molar-refractivity contribution < 1.29 is 0 Å². The van der Waals surface area contributed by atoms with Crippen molar-refractivity contribution in [3.63, 3.8) is 0 Å². The molecule has 3 nitrogen and oxygen atoms in total. The van der Waals surface area contributed by atoms with Crippen LogP contribution in [0.3, 0.4) is 0 Å². The number of piperazine rings is 1. The molecule has 2 saturated heterocycles. The summed E-state index contributed by atoms with van der Waals surface area (Å²) in [4.78, 5) is 2.52. The predicted octanol–water partition coefficient (Wildman–Crippen LogP) is 6.05. The van der Waals surface area contributed by atoms with Gasteiger partial charge in [-0.1, -0.05) is 63.3 Å². The summed E-state index contributed by atoms with van der Waals surface area (Å²) in [6.07, 6.45) is 2.78. The van der Waals surface area contributed by atoms with Crippen LogP contribution in [0.2, 0.25) is 0 Å². The molecule has 0 saturated carbocycles. The Morgan fingerprint density at radius 3 is 1.42 bits per heavy atom. The van der Waals surface area contributed by atoms with E-state index in [4.69, 9.17) is 0 Å². The van der Waals surface area contributed by atoms with E-state index in [2.05, 4.69) is 57.1 Å². The second-order valence-electron chi connectivity index (χ2n) is 8.32. The first-order valence-corrected chi connectivity index (χ1v) is 10.4. The van der Waals surface area contributed by atoms with Gasteiger partial charge in [-0.15, -0.1) is 0 Å². The number of nitrogens with one attached hydrogen (secondary N) is 2. The maximum Gasteiger partial charge on any atom is 0.0126 e. The van der Waals surface area contributed by atoms with Crippen molar-refractivity contribution >= 4 is 0 Å². The van der Waals surface area contributed by atoms with E-state index in [1.807, 2.05) is 27.7 Å². The first-order chi connectivity index (χ1) is 11.2. The molecule has 1 unspecified atom stereocenters. The molecular weight excluding hydrogens is 318 g/mol. The molecule has 26 heavy (non-hydrogen) atoms. The minimum Gasteiger partial charge on any atom is -0.316 e. The lowest BCUT2D eigenvalue weighted by Gasteiger charge is -2.38. The number of hydrogen-bond acceptors (Lipinski definition) is 3. The molecule has 2 aliphatic rings. The molecule has 0 aromatic heterocycles. The number of rotatable bonds is 0. The number of hydrogen-bond donors (Lipinski definition) is 2. The Labute approximate surface area is 169 Å². The summed E-state index contributed by atoms with van der Waals surface area (Å²) in [7, 11) is 0. The summed E-state index contributed by atoms with van der Waals surface area (Å²) in [5.41, 5.74) is 0.871. The first kappa shape index (κ1) is 33.5. The van der Waals surface area contributed by atoms with Crippen molar-refractivity contribution in [2.75, 3.05) is 39.3 Å². The Morgan fingerprint density at radius 2 is 1.19 bits per heavy atom. The molecule has 164 valence electrons. The molecule has 3 heteroatoms. The molecule has 0 radical (unpaired) electrons. The smallest absolute Gasteiger partial charge is 0.0126 e. The number of piperidine rings is 1.